The zero-order chi connectivity index (χ0) is 11.8. The minimum atomic E-state index is -0.797. The first-order valence-electron chi connectivity index (χ1n) is 4.90. The van der Waals surface area contributed by atoms with Gasteiger partial charge in [-0.3, -0.25) is 9.69 Å². The van der Waals surface area contributed by atoms with Crippen LogP contribution < -0.4 is 0 Å². The van der Waals surface area contributed by atoms with Gasteiger partial charge in [0.2, 0.25) is 0 Å². The Bertz CT molecular complexity index is 282. The molecule has 1 aliphatic heterocycles. The third-order valence-corrected chi connectivity index (χ3v) is 2.22. The van der Waals surface area contributed by atoms with E-state index in [2.05, 4.69) is 0 Å². The molecule has 5 nitrogen and oxygen atoms in total. The monoisotopic (exact) mass is 215 g/mol. The molecule has 1 fully saturated rings. The molecule has 1 unspecified atom stereocenters. The van der Waals surface area contributed by atoms with Gasteiger partial charge in [-0.1, -0.05) is 0 Å². The van der Waals surface area contributed by atoms with E-state index in [0.29, 0.717) is 0 Å². The normalized spacial score (nSPS) is 26.5. The number of rotatable bonds is 1. The van der Waals surface area contributed by atoms with E-state index in [1.807, 2.05) is 20.8 Å². The number of amides is 1. The molecule has 1 aliphatic rings. The van der Waals surface area contributed by atoms with Crippen molar-refractivity contribution >= 4 is 12.1 Å². The van der Waals surface area contributed by atoms with Crippen LogP contribution in [0.25, 0.3) is 0 Å². The topological polar surface area (TPSA) is 55.8 Å². The Morgan fingerprint density at radius 1 is 1.47 bits per heavy atom. The van der Waals surface area contributed by atoms with Crippen LogP contribution in [0.2, 0.25) is 0 Å². The fourth-order valence-corrected chi connectivity index (χ4v) is 1.71. The van der Waals surface area contributed by atoms with Gasteiger partial charge in [0.05, 0.1) is 0 Å². The van der Waals surface area contributed by atoms with E-state index in [1.54, 1.807) is 11.8 Å². The Kier molecular flexibility index (Phi) is 2.93. The maximum atomic E-state index is 11.5. The molecular weight excluding hydrogens is 198 g/mol. The summed E-state index contributed by atoms with van der Waals surface area (Å²) < 4.78 is 9.86. The van der Waals surface area contributed by atoms with E-state index >= 15 is 0 Å². The molecule has 2 atom stereocenters. The van der Waals surface area contributed by atoms with Crippen molar-refractivity contribution in [3.8, 4) is 0 Å². The first-order chi connectivity index (χ1) is 6.73. The summed E-state index contributed by atoms with van der Waals surface area (Å²) in [5, 5.41) is 0. The van der Waals surface area contributed by atoms with Gasteiger partial charge in [0, 0.05) is 12.5 Å². The van der Waals surface area contributed by atoms with Crippen molar-refractivity contribution < 1.29 is 19.1 Å². The van der Waals surface area contributed by atoms with Gasteiger partial charge in [-0.15, -0.1) is 0 Å². The second kappa shape index (κ2) is 3.72. The number of nitrogens with zero attached hydrogens (tertiary/aromatic N) is 1. The maximum absolute atomic E-state index is 11.5. The van der Waals surface area contributed by atoms with Gasteiger partial charge in [0.1, 0.15) is 6.04 Å². The van der Waals surface area contributed by atoms with Gasteiger partial charge in [-0.25, -0.2) is 4.79 Å². The average molecular weight is 215 g/mol. The number of hydrogen-bond acceptors (Lipinski definition) is 4. The summed E-state index contributed by atoms with van der Waals surface area (Å²) >= 11 is 0. The smallest absolute Gasteiger partial charge is 0.413 e. The molecule has 1 heterocycles. The van der Waals surface area contributed by atoms with Crippen molar-refractivity contribution in [1.29, 1.82) is 0 Å². The molecule has 0 bridgehead atoms. The van der Waals surface area contributed by atoms with E-state index in [1.165, 1.54) is 6.92 Å². The third kappa shape index (κ3) is 2.40. The molecule has 1 saturated heterocycles. The van der Waals surface area contributed by atoms with Crippen LogP contribution in [0.3, 0.4) is 0 Å². The number of carbonyl (C=O) groups excluding carboxylic acids is 2. The molecule has 0 aromatic carbocycles. The summed E-state index contributed by atoms with van der Waals surface area (Å²) in [4.78, 5) is 23.9. The van der Waals surface area contributed by atoms with Crippen molar-refractivity contribution in [3.63, 3.8) is 0 Å². The van der Waals surface area contributed by atoms with Crippen LogP contribution in [0.4, 0.5) is 4.79 Å². The van der Waals surface area contributed by atoms with Crippen molar-refractivity contribution in [1.82, 2.24) is 4.90 Å². The number of carbonyl (C=O) groups is 2. The van der Waals surface area contributed by atoms with Crippen LogP contribution in [0.5, 0.6) is 0 Å². The minimum Gasteiger partial charge on any atom is -0.423 e. The van der Waals surface area contributed by atoms with Crippen LogP contribution >= 0.6 is 0 Å². The highest BCUT2D eigenvalue weighted by molar-refractivity contribution is 5.72. The van der Waals surface area contributed by atoms with Gasteiger partial charge in [-0.2, -0.15) is 0 Å². The lowest BCUT2D eigenvalue weighted by Crippen LogP contribution is -2.47. The molecule has 0 aliphatic carbocycles. The van der Waals surface area contributed by atoms with E-state index in [4.69, 9.17) is 9.47 Å². The molecule has 0 aromatic rings. The maximum Gasteiger partial charge on any atom is 0.413 e. The molecule has 0 spiro atoms. The van der Waals surface area contributed by atoms with Crippen molar-refractivity contribution in [2.75, 3.05) is 0 Å². The Labute approximate surface area is 89.3 Å². The minimum absolute atomic E-state index is 0.263. The highest BCUT2D eigenvalue weighted by Crippen LogP contribution is 2.28. The largest absolute Gasteiger partial charge is 0.423 e. The van der Waals surface area contributed by atoms with Crippen molar-refractivity contribution in [3.05, 3.63) is 0 Å². The van der Waals surface area contributed by atoms with Crippen LogP contribution in [0, 0.1) is 0 Å². The summed E-state index contributed by atoms with van der Waals surface area (Å²) in [5.74, 6) is -0.449. The zero-order valence-electron chi connectivity index (χ0n) is 9.73. The van der Waals surface area contributed by atoms with Crippen molar-refractivity contribution in [2.45, 2.75) is 52.5 Å². The van der Waals surface area contributed by atoms with Gasteiger partial charge in [-0.05, 0) is 27.7 Å². The number of cyclic esters (lactones) is 1. The summed E-state index contributed by atoms with van der Waals surface area (Å²) in [7, 11) is 0. The number of ether oxygens (including phenoxy) is 2. The van der Waals surface area contributed by atoms with E-state index in [-0.39, 0.29) is 11.6 Å². The molecule has 5 heteroatoms. The van der Waals surface area contributed by atoms with Crippen molar-refractivity contribution in [2.24, 2.45) is 0 Å². The number of esters is 1. The molecule has 1 rings (SSSR count). The SMILES string of the molecule is CC(=O)OC1OC(=O)N(C(C)(C)C)[C@H]1C. The summed E-state index contributed by atoms with van der Waals surface area (Å²) in [6, 6.07) is -0.263. The Balaban J connectivity index is 2.79. The highest BCUT2D eigenvalue weighted by atomic mass is 16.7. The predicted octanol–water partition coefficient (Wildman–Crippen LogP) is 1.51. The van der Waals surface area contributed by atoms with Crippen LogP contribution in [-0.4, -0.2) is 34.8 Å². The van der Waals surface area contributed by atoms with Gasteiger partial charge in [0.15, 0.2) is 0 Å². The summed E-state index contributed by atoms with van der Waals surface area (Å²) in [6.07, 6.45) is -1.24. The van der Waals surface area contributed by atoms with Gasteiger partial charge < -0.3 is 9.47 Å². The van der Waals surface area contributed by atoms with Gasteiger partial charge >= 0.3 is 12.1 Å². The second-order valence-corrected chi connectivity index (χ2v) is 4.64. The lowest BCUT2D eigenvalue weighted by atomic mass is 10.0. The number of hydrogen-bond donors (Lipinski definition) is 0. The lowest BCUT2D eigenvalue weighted by molar-refractivity contribution is -0.163. The molecule has 1 amide bonds. The van der Waals surface area contributed by atoms with E-state index < -0.39 is 18.4 Å². The molecule has 0 N–H and O–H groups in total. The standard InChI is InChI=1S/C10H17NO4/c1-6-8(14-7(2)12)15-9(13)11(6)10(3,4)5/h6,8H,1-5H3/t6-,8?/m0/s1. The fraction of sp³-hybridized carbons (Fsp3) is 0.800. The first-order valence-corrected chi connectivity index (χ1v) is 4.90. The van der Waals surface area contributed by atoms with E-state index in [0.717, 1.165) is 0 Å². The molecule has 0 aromatic heterocycles. The second-order valence-electron chi connectivity index (χ2n) is 4.64. The molecule has 15 heavy (non-hydrogen) atoms. The van der Waals surface area contributed by atoms with Crippen LogP contribution in [-0.2, 0) is 14.3 Å². The van der Waals surface area contributed by atoms with E-state index in [9.17, 15) is 9.59 Å². The molecule has 0 radical (unpaired) electrons. The Morgan fingerprint density at radius 2 is 2.00 bits per heavy atom. The molecular formula is C10H17NO4. The quantitative estimate of drug-likeness (QED) is 0.622. The van der Waals surface area contributed by atoms with Gasteiger partial charge in [0.25, 0.3) is 6.29 Å². The Hall–Kier alpha value is -1.26. The summed E-state index contributed by atoms with van der Waals surface area (Å²) in [5.41, 5.74) is -0.342. The fourth-order valence-electron chi connectivity index (χ4n) is 1.71. The predicted molar refractivity (Wildman–Crippen MR) is 53.1 cm³/mol. The average Bonchev–Trinajstić information content (AvgIpc) is 2.23. The first kappa shape index (κ1) is 11.8. The highest BCUT2D eigenvalue weighted by Gasteiger charge is 2.45. The zero-order valence-corrected chi connectivity index (χ0v) is 9.73. The van der Waals surface area contributed by atoms with Crippen LogP contribution in [0.15, 0.2) is 0 Å². The lowest BCUT2D eigenvalue weighted by Gasteiger charge is -2.33. The molecule has 86 valence electrons. The van der Waals surface area contributed by atoms with Crippen LogP contribution in [0.1, 0.15) is 34.6 Å². The summed E-state index contributed by atoms with van der Waals surface area (Å²) in [6.45, 7) is 8.80. The third-order valence-electron chi connectivity index (χ3n) is 2.22. The molecule has 0 saturated carbocycles. The Morgan fingerprint density at radius 3 is 2.33 bits per heavy atom.